The Hall–Kier alpha value is -2.39. The summed E-state index contributed by atoms with van der Waals surface area (Å²) in [5.74, 6) is -0.325. The summed E-state index contributed by atoms with van der Waals surface area (Å²) in [6.45, 7) is 3.17. The summed E-state index contributed by atoms with van der Waals surface area (Å²) >= 11 is 5.80. The fourth-order valence-electron chi connectivity index (χ4n) is 1.82. The molecule has 2 aromatic rings. The van der Waals surface area contributed by atoms with E-state index in [1.807, 2.05) is 0 Å². The van der Waals surface area contributed by atoms with Crippen molar-refractivity contribution in [1.82, 2.24) is 9.71 Å². The number of hydrogen-bond acceptors (Lipinski definition) is 5. The molecule has 1 aromatic heterocycles. The lowest BCUT2D eigenvalue weighted by Crippen LogP contribution is -2.41. The molecule has 0 saturated carbocycles. The number of nitrogens with zero attached hydrogens (tertiary/aromatic N) is 2. The minimum absolute atomic E-state index is 0.0313. The number of amides is 2. The molecule has 0 spiro atoms. The topological polar surface area (TPSA) is 115 Å². The smallest absolute Gasteiger partial charge is 0.401 e. The van der Waals surface area contributed by atoms with Crippen LogP contribution in [0.2, 0.25) is 5.02 Å². The number of carbonyl (C=O) groups is 1. The maximum atomic E-state index is 12.1. The summed E-state index contributed by atoms with van der Waals surface area (Å²) in [5, 5.41) is 13.9. The van der Waals surface area contributed by atoms with Crippen molar-refractivity contribution in [2.75, 3.05) is 5.32 Å². The van der Waals surface area contributed by atoms with E-state index in [2.05, 4.69) is 10.3 Å². The molecule has 8 nitrogen and oxygen atoms in total. The fourth-order valence-corrected chi connectivity index (χ4v) is 3.25. The Labute approximate surface area is 137 Å². The number of aromatic nitrogens is 2. The van der Waals surface area contributed by atoms with Crippen LogP contribution in [-0.4, -0.2) is 19.4 Å². The number of carbonyl (C=O) groups excluding carboxylic acids is 1. The first-order valence-electron chi connectivity index (χ1n) is 6.37. The van der Waals surface area contributed by atoms with Crippen LogP contribution in [0.5, 0.6) is 0 Å². The number of benzene rings is 1. The molecule has 0 aliphatic rings. The predicted molar refractivity (Wildman–Crippen MR) is 83.5 cm³/mol. The van der Waals surface area contributed by atoms with E-state index in [-0.39, 0.29) is 15.9 Å². The average Bonchev–Trinajstić information content (AvgIpc) is 2.43. The van der Waals surface area contributed by atoms with E-state index in [1.165, 1.54) is 31.2 Å². The van der Waals surface area contributed by atoms with Gasteiger partial charge in [0.1, 0.15) is 10.6 Å². The van der Waals surface area contributed by atoms with E-state index in [1.54, 1.807) is 17.7 Å². The number of halogens is 1. The highest BCUT2D eigenvalue weighted by Crippen LogP contribution is 2.20. The van der Waals surface area contributed by atoms with Gasteiger partial charge in [0.25, 0.3) is 10.0 Å². The zero-order chi connectivity index (χ0) is 17.2. The minimum Gasteiger partial charge on any atom is -0.740 e. The molecule has 0 fully saturated rings. The molecule has 0 saturated heterocycles. The molecular weight excluding hydrogens is 344 g/mol. The van der Waals surface area contributed by atoms with Crippen molar-refractivity contribution < 1.29 is 17.9 Å². The van der Waals surface area contributed by atoms with Crippen LogP contribution in [0.25, 0.3) is 0 Å². The molecule has 2 rings (SSSR count). The molecular formula is C13H13ClN4O4S. The van der Waals surface area contributed by atoms with Crippen molar-refractivity contribution in [2.24, 2.45) is 0 Å². The highest BCUT2D eigenvalue weighted by atomic mass is 35.5. The van der Waals surface area contributed by atoms with Crippen LogP contribution in [0.1, 0.15) is 11.4 Å². The second kappa shape index (κ2) is 6.39. The van der Waals surface area contributed by atoms with E-state index in [0.717, 1.165) is 0 Å². The zero-order valence-electron chi connectivity index (χ0n) is 12.2. The molecule has 122 valence electrons. The largest absolute Gasteiger partial charge is 0.740 e. The lowest BCUT2D eigenvalue weighted by Gasteiger charge is -2.12. The fraction of sp³-hybridized carbons (Fsp3) is 0.154. The quantitative estimate of drug-likeness (QED) is 0.638. The van der Waals surface area contributed by atoms with Gasteiger partial charge in [0.15, 0.2) is 0 Å². The molecule has 0 atom stereocenters. The highest BCUT2D eigenvalue weighted by Gasteiger charge is 2.23. The van der Waals surface area contributed by atoms with Gasteiger partial charge in [-0.15, -0.1) is 0 Å². The van der Waals surface area contributed by atoms with Crippen LogP contribution in [0.15, 0.2) is 35.2 Å². The maximum absolute atomic E-state index is 12.1. The standard InChI is InChI=1S/C13H13ClN4O4S/c1-8-7-9(2)18(20)12(15-8)16-13(19)17-23(21,22)11-6-4-3-5-10(11)14/h3-7H,1-2H3,(H2,15,16,17,19). The Kier molecular flexibility index (Phi) is 4.71. The molecule has 1 heterocycles. The number of aryl methyl sites for hydroxylation is 2. The predicted octanol–water partition coefficient (Wildman–Crippen LogP) is 1.50. The number of hydrogen-bond donors (Lipinski definition) is 2. The van der Waals surface area contributed by atoms with Gasteiger partial charge < -0.3 is 5.21 Å². The molecule has 23 heavy (non-hydrogen) atoms. The second-order valence-electron chi connectivity index (χ2n) is 4.65. The Balaban J connectivity index is 2.22. The van der Waals surface area contributed by atoms with Gasteiger partial charge >= 0.3 is 12.0 Å². The number of nitrogens with one attached hydrogen (secondary N) is 2. The lowest BCUT2D eigenvalue weighted by atomic mass is 10.3. The summed E-state index contributed by atoms with van der Waals surface area (Å²) in [4.78, 5) is 15.5. The number of urea groups is 1. The minimum atomic E-state index is -4.18. The molecule has 10 heteroatoms. The third-order valence-electron chi connectivity index (χ3n) is 2.79. The van der Waals surface area contributed by atoms with Crippen molar-refractivity contribution in [2.45, 2.75) is 18.7 Å². The summed E-state index contributed by atoms with van der Waals surface area (Å²) in [6, 6.07) is 6.06. The van der Waals surface area contributed by atoms with E-state index in [9.17, 15) is 18.4 Å². The van der Waals surface area contributed by atoms with Crippen molar-refractivity contribution in [3.63, 3.8) is 0 Å². The third-order valence-corrected chi connectivity index (χ3v) is 4.62. The molecule has 0 bridgehead atoms. The Morgan fingerprint density at radius 3 is 2.61 bits per heavy atom. The molecule has 0 unspecified atom stereocenters. The van der Waals surface area contributed by atoms with Crippen molar-refractivity contribution in [3.05, 3.63) is 51.9 Å². The first kappa shape index (κ1) is 17.0. The van der Waals surface area contributed by atoms with Crippen LogP contribution in [0, 0.1) is 19.1 Å². The van der Waals surface area contributed by atoms with Crippen LogP contribution in [-0.2, 0) is 10.0 Å². The first-order valence-corrected chi connectivity index (χ1v) is 8.23. The van der Waals surface area contributed by atoms with Crippen LogP contribution in [0.4, 0.5) is 10.7 Å². The zero-order valence-corrected chi connectivity index (χ0v) is 13.8. The summed E-state index contributed by atoms with van der Waals surface area (Å²) in [6.07, 6.45) is 0. The molecule has 1 aromatic carbocycles. The molecule has 0 aliphatic carbocycles. The maximum Gasteiger partial charge on any atom is 0.401 e. The average molecular weight is 357 g/mol. The lowest BCUT2D eigenvalue weighted by molar-refractivity contribution is -0.599. The van der Waals surface area contributed by atoms with Crippen molar-refractivity contribution in [1.29, 1.82) is 0 Å². The number of anilines is 1. The van der Waals surface area contributed by atoms with Crippen LogP contribution >= 0.6 is 11.6 Å². The molecule has 0 radical (unpaired) electrons. The normalized spacial score (nSPS) is 11.1. The van der Waals surface area contributed by atoms with Gasteiger partial charge in [0.05, 0.1) is 10.7 Å². The van der Waals surface area contributed by atoms with Gasteiger partial charge in [0.2, 0.25) is 0 Å². The summed E-state index contributed by atoms with van der Waals surface area (Å²) < 4.78 is 26.4. The molecule has 2 amide bonds. The van der Waals surface area contributed by atoms with Crippen molar-refractivity contribution >= 4 is 33.6 Å². The number of sulfonamides is 1. The van der Waals surface area contributed by atoms with Gasteiger partial charge in [-0.3, -0.25) is 0 Å². The molecule has 2 N–H and O–H groups in total. The number of rotatable bonds is 3. The van der Waals surface area contributed by atoms with Crippen molar-refractivity contribution in [3.8, 4) is 0 Å². The van der Waals surface area contributed by atoms with E-state index in [0.29, 0.717) is 16.1 Å². The van der Waals surface area contributed by atoms with Crippen LogP contribution in [0.3, 0.4) is 0 Å². The highest BCUT2D eigenvalue weighted by molar-refractivity contribution is 7.90. The summed E-state index contributed by atoms with van der Waals surface area (Å²) in [5.41, 5.74) is 0.806. The monoisotopic (exact) mass is 356 g/mol. The Morgan fingerprint density at radius 2 is 1.96 bits per heavy atom. The van der Waals surface area contributed by atoms with Gasteiger partial charge in [-0.1, -0.05) is 28.7 Å². The van der Waals surface area contributed by atoms with E-state index < -0.39 is 16.1 Å². The second-order valence-corrected chi connectivity index (χ2v) is 6.70. The van der Waals surface area contributed by atoms with Crippen LogP contribution < -0.4 is 14.8 Å². The molecule has 0 aliphatic heterocycles. The summed E-state index contributed by atoms with van der Waals surface area (Å²) in [7, 11) is -4.18. The van der Waals surface area contributed by atoms with Gasteiger partial charge in [0, 0.05) is 6.07 Å². The van der Waals surface area contributed by atoms with E-state index in [4.69, 9.17) is 11.6 Å². The Bertz CT molecular complexity index is 870. The SMILES string of the molecule is Cc1cc(C)[n+]([O-])c(NC(=O)NS(=O)(=O)c2ccccc2Cl)n1. The first-order chi connectivity index (χ1) is 10.7. The van der Waals surface area contributed by atoms with Gasteiger partial charge in [-0.2, -0.15) is 5.32 Å². The van der Waals surface area contributed by atoms with Gasteiger partial charge in [-0.25, -0.2) is 22.7 Å². The van der Waals surface area contributed by atoms with E-state index >= 15 is 0 Å². The van der Waals surface area contributed by atoms with Gasteiger partial charge in [-0.05, 0) is 26.0 Å². The Morgan fingerprint density at radius 1 is 1.30 bits per heavy atom. The third kappa shape index (κ3) is 3.88.